The molecule has 1 aromatic rings. The summed E-state index contributed by atoms with van der Waals surface area (Å²) >= 11 is 0. The minimum atomic E-state index is -3.69. The Bertz CT molecular complexity index is 589. The predicted octanol–water partition coefficient (Wildman–Crippen LogP) is 0.739. The number of isocyanates is 1. The number of rotatable bonds is 4. The van der Waals surface area contributed by atoms with E-state index >= 15 is 0 Å². The van der Waals surface area contributed by atoms with Gasteiger partial charge in [-0.25, -0.2) is 18.2 Å². The molecule has 1 unspecified atom stereocenters. The molecule has 1 fully saturated rings. The third-order valence-corrected chi connectivity index (χ3v) is 4.96. The Morgan fingerprint density at radius 3 is 2.95 bits per heavy atom. The molecule has 0 bridgehead atoms. The van der Waals surface area contributed by atoms with Crippen LogP contribution in [-0.2, 0) is 21.4 Å². The zero-order valence-electron chi connectivity index (χ0n) is 10.7. The van der Waals surface area contributed by atoms with Crippen LogP contribution in [-0.4, -0.2) is 41.1 Å². The molecule has 2 rings (SSSR count). The maximum Gasteiger partial charge on any atom is 0.263 e. The summed E-state index contributed by atoms with van der Waals surface area (Å²) in [5.74, 6) is 0. The Balaban J connectivity index is 2.33. The molecule has 0 aromatic carbocycles. The lowest BCUT2D eigenvalue weighted by Crippen LogP contribution is -2.42. The SMILES string of the molecule is CCn1cnc(S(=O)(=O)N2CCCCC2N=C=O)c1. The van der Waals surface area contributed by atoms with E-state index < -0.39 is 16.2 Å². The van der Waals surface area contributed by atoms with Crippen molar-refractivity contribution < 1.29 is 13.2 Å². The van der Waals surface area contributed by atoms with Crippen LogP contribution >= 0.6 is 0 Å². The quantitative estimate of drug-likeness (QED) is 0.603. The molecule has 0 radical (unpaired) electrons. The molecule has 0 amide bonds. The fourth-order valence-corrected chi connectivity index (χ4v) is 3.66. The van der Waals surface area contributed by atoms with Gasteiger partial charge in [0, 0.05) is 19.3 Å². The van der Waals surface area contributed by atoms with Crippen LogP contribution in [0.5, 0.6) is 0 Å². The molecule has 7 nitrogen and oxygen atoms in total. The lowest BCUT2D eigenvalue weighted by molar-refractivity contribution is 0.259. The van der Waals surface area contributed by atoms with Crippen molar-refractivity contribution in [3.05, 3.63) is 12.5 Å². The summed E-state index contributed by atoms with van der Waals surface area (Å²) in [6, 6.07) is 0. The van der Waals surface area contributed by atoms with Crippen molar-refractivity contribution in [1.29, 1.82) is 0 Å². The van der Waals surface area contributed by atoms with E-state index in [4.69, 9.17) is 0 Å². The van der Waals surface area contributed by atoms with E-state index in [1.807, 2.05) is 6.92 Å². The largest absolute Gasteiger partial charge is 0.336 e. The van der Waals surface area contributed by atoms with Crippen molar-refractivity contribution >= 4 is 16.1 Å². The molecule has 1 aromatic heterocycles. The van der Waals surface area contributed by atoms with Gasteiger partial charge >= 0.3 is 0 Å². The highest BCUT2D eigenvalue weighted by atomic mass is 32.2. The van der Waals surface area contributed by atoms with Gasteiger partial charge in [-0.3, -0.25) is 0 Å². The van der Waals surface area contributed by atoms with Gasteiger partial charge in [0.15, 0.2) is 5.03 Å². The topological polar surface area (TPSA) is 84.6 Å². The van der Waals surface area contributed by atoms with Crippen LogP contribution in [0.15, 0.2) is 22.5 Å². The first-order valence-corrected chi connectivity index (χ1v) is 7.64. The van der Waals surface area contributed by atoms with Crippen LogP contribution in [0.4, 0.5) is 0 Å². The summed E-state index contributed by atoms with van der Waals surface area (Å²) in [4.78, 5) is 17.9. The van der Waals surface area contributed by atoms with Crippen molar-refractivity contribution in [3.63, 3.8) is 0 Å². The Morgan fingerprint density at radius 2 is 2.32 bits per heavy atom. The maximum absolute atomic E-state index is 12.5. The third kappa shape index (κ3) is 2.75. The molecule has 1 aliphatic heterocycles. The van der Waals surface area contributed by atoms with Gasteiger partial charge in [0.25, 0.3) is 10.0 Å². The highest BCUT2D eigenvalue weighted by molar-refractivity contribution is 7.89. The van der Waals surface area contributed by atoms with Gasteiger partial charge in [-0.15, -0.1) is 0 Å². The van der Waals surface area contributed by atoms with Gasteiger partial charge in [0.2, 0.25) is 6.08 Å². The highest BCUT2D eigenvalue weighted by Gasteiger charge is 2.34. The molecule has 1 aliphatic rings. The number of imidazole rings is 1. The minimum Gasteiger partial charge on any atom is -0.336 e. The van der Waals surface area contributed by atoms with E-state index in [0.717, 1.165) is 12.8 Å². The van der Waals surface area contributed by atoms with E-state index in [1.165, 1.54) is 22.9 Å². The number of carbonyl (C=O) groups excluding carboxylic acids is 1. The van der Waals surface area contributed by atoms with Crippen LogP contribution in [0.1, 0.15) is 26.2 Å². The fourth-order valence-electron chi connectivity index (χ4n) is 2.12. The molecule has 1 saturated heterocycles. The molecule has 1 atom stereocenters. The Kier molecular flexibility index (Phi) is 4.14. The number of aryl methyl sites for hydroxylation is 1. The number of sulfonamides is 1. The first-order chi connectivity index (χ1) is 9.09. The zero-order chi connectivity index (χ0) is 13.9. The molecule has 19 heavy (non-hydrogen) atoms. The molecule has 0 spiro atoms. The van der Waals surface area contributed by atoms with Gasteiger partial charge < -0.3 is 4.57 Å². The summed E-state index contributed by atoms with van der Waals surface area (Å²) < 4.78 is 27.9. The Hall–Kier alpha value is -1.50. The maximum atomic E-state index is 12.5. The second-order valence-electron chi connectivity index (χ2n) is 4.35. The first-order valence-electron chi connectivity index (χ1n) is 6.20. The average Bonchev–Trinajstić information content (AvgIpc) is 2.89. The number of piperidine rings is 1. The fraction of sp³-hybridized carbons (Fsp3) is 0.636. The first kappa shape index (κ1) is 13.9. The minimum absolute atomic E-state index is 0.00217. The Labute approximate surface area is 112 Å². The lowest BCUT2D eigenvalue weighted by atomic mass is 10.1. The molecular formula is C11H16N4O3S. The van der Waals surface area contributed by atoms with E-state index in [-0.39, 0.29) is 5.03 Å². The van der Waals surface area contributed by atoms with Crippen molar-refractivity contribution in [2.75, 3.05) is 6.54 Å². The Morgan fingerprint density at radius 1 is 1.53 bits per heavy atom. The van der Waals surface area contributed by atoms with Gasteiger partial charge in [-0.05, 0) is 26.2 Å². The van der Waals surface area contributed by atoms with Crippen molar-refractivity contribution in [1.82, 2.24) is 13.9 Å². The van der Waals surface area contributed by atoms with E-state index in [9.17, 15) is 13.2 Å². The van der Waals surface area contributed by atoms with E-state index in [0.29, 0.717) is 19.5 Å². The number of nitrogens with zero attached hydrogens (tertiary/aromatic N) is 4. The predicted molar refractivity (Wildman–Crippen MR) is 67.6 cm³/mol. The third-order valence-electron chi connectivity index (χ3n) is 3.17. The molecule has 0 saturated carbocycles. The van der Waals surface area contributed by atoms with Crippen LogP contribution in [0.2, 0.25) is 0 Å². The average molecular weight is 284 g/mol. The van der Waals surface area contributed by atoms with E-state index in [1.54, 1.807) is 4.57 Å². The number of hydrogen-bond acceptors (Lipinski definition) is 5. The van der Waals surface area contributed by atoms with Crippen LogP contribution in [0.3, 0.4) is 0 Å². The van der Waals surface area contributed by atoms with E-state index in [2.05, 4.69) is 9.98 Å². The van der Waals surface area contributed by atoms with Gasteiger partial charge in [-0.2, -0.15) is 9.30 Å². The second kappa shape index (κ2) is 5.64. The normalized spacial score (nSPS) is 21.0. The summed E-state index contributed by atoms with van der Waals surface area (Å²) in [7, 11) is -3.69. The zero-order valence-corrected chi connectivity index (χ0v) is 11.5. The molecule has 8 heteroatoms. The monoisotopic (exact) mass is 284 g/mol. The summed E-state index contributed by atoms with van der Waals surface area (Å²) in [5.41, 5.74) is 0. The summed E-state index contributed by atoms with van der Waals surface area (Å²) in [6.45, 7) is 2.91. The van der Waals surface area contributed by atoms with Crippen molar-refractivity contribution in [3.8, 4) is 0 Å². The van der Waals surface area contributed by atoms with Crippen LogP contribution in [0, 0.1) is 0 Å². The summed E-state index contributed by atoms with van der Waals surface area (Å²) in [6.07, 6.45) is 5.93. The van der Waals surface area contributed by atoms with Crippen LogP contribution in [0.25, 0.3) is 0 Å². The highest BCUT2D eigenvalue weighted by Crippen LogP contribution is 2.24. The van der Waals surface area contributed by atoms with Crippen LogP contribution < -0.4 is 0 Å². The van der Waals surface area contributed by atoms with Crippen molar-refractivity contribution in [2.24, 2.45) is 4.99 Å². The molecule has 104 valence electrons. The second-order valence-corrected chi connectivity index (χ2v) is 6.19. The smallest absolute Gasteiger partial charge is 0.263 e. The standard InChI is InChI=1S/C11H16N4O3S/c1-2-14-7-11(12-8-14)19(17,18)15-6-4-3-5-10(15)13-9-16/h7-8,10H,2-6H2,1H3. The number of aromatic nitrogens is 2. The molecule has 0 N–H and O–H groups in total. The summed E-state index contributed by atoms with van der Waals surface area (Å²) in [5, 5.41) is 0.00217. The number of aliphatic imine (C=N–C) groups is 1. The van der Waals surface area contributed by atoms with Crippen molar-refractivity contribution in [2.45, 2.75) is 43.9 Å². The molecular weight excluding hydrogens is 268 g/mol. The van der Waals surface area contributed by atoms with Gasteiger partial charge in [-0.1, -0.05) is 0 Å². The number of hydrogen-bond donors (Lipinski definition) is 0. The molecule has 0 aliphatic carbocycles. The lowest BCUT2D eigenvalue weighted by Gasteiger charge is -2.30. The van der Waals surface area contributed by atoms with Gasteiger partial charge in [0.05, 0.1) is 6.33 Å². The molecule has 2 heterocycles. The van der Waals surface area contributed by atoms with Gasteiger partial charge in [0.1, 0.15) is 6.17 Å².